The smallest absolute Gasteiger partial charge is 0.182 e. The molecule has 0 aliphatic carbocycles. The van der Waals surface area contributed by atoms with Crippen molar-refractivity contribution in [1.82, 2.24) is 29.5 Å². The van der Waals surface area contributed by atoms with Crippen molar-refractivity contribution in [3.63, 3.8) is 0 Å². The molecule has 0 unspecified atom stereocenters. The van der Waals surface area contributed by atoms with Crippen molar-refractivity contribution in [1.29, 1.82) is 0 Å². The molecule has 0 bridgehead atoms. The number of fused-ring (bicyclic) bond motifs is 2. The molecule has 1 aliphatic rings. The number of aryl methyl sites for hydroxylation is 2. The molecule has 0 spiro atoms. The summed E-state index contributed by atoms with van der Waals surface area (Å²) in [5.74, 6) is 2.22. The predicted octanol–water partition coefficient (Wildman–Crippen LogP) is 4.73. The van der Waals surface area contributed by atoms with Crippen LogP contribution in [0.2, 0.25) is 0 Å². The number of methoxy groups -OCH3 is 1. The number of pyridine rings is 2. The van der Waals surface area contributed by atoms with Crippen LogP contribution < -0.4 is 9.64 Å². The molecule has 0 atom stereocenters. The van der Waals surface area contributed by atoms with Crippen LogP contribution in [0.1, 0.15) is 23.2 Å². The molecular weight excluding hydrogens is 438 g/mol. The molecule has 0 radical (unpaired) electrons. The van der Waals surface area contributed by atoms with Crippen molar-refractivity contribution in [2.75, 3.05) is 18.6 Å². The molecular formula is C27H25N7O. The number of ether oxygens (including phenoxy) is 1. The molecule has 1 aromatic carbocycles. The molecule has 35 heavy (non-hydrogen) atoms. The lowest BCUT2D eigenvalue weighted by molar-refractivity contribution is 0.414. The minimum absolute atomic E-state index is 0.592. The maximum Gasteiger partial charge on any atom is 0.182 e. The third-order valence-electron chi connectivity index (χ3n) is 6.33. The summed E-state index contributed by atoms with van der Waals surface area (Å²) in [7, 11) is 1.67. The first kappa shape index (κ1) is 21.2. The first-order chi connectivity index (χ1) is 17.2. The van der Waals surface area contributed by atoms with Crippen LogP contribution in [0.25, 0.3) is 22.7 Å². The number of benzene rings is 1. The SMILES string of the molecule is COc1ccc(Cn2cnc3c(N4CCCc5cnccc54)nc(-c4cccc(C)n4)nc32)cc1. The van der Waals surface area contributed by atoms with Gasteiger partial charge in [-0.2, -0.15) is 0 Å². The maximum absolute atomic E-state index is 5.30. The van der Waals surface area contributed by atoms with E-state index in [1.165, 1.54) is 5.56 Å². The van der Waals surface area contributed by atoms with Crippen LogP contribution in [-0.4, -0.2) is 43.1 Å². The van der Waals surface area contributed by atoms with Gasteiger partial charge in [0.2, 0.25) is 0 Å². The quantitative estimate of drug-likeness (QED) is 0.373. The Morgan fingerprint density at radius 1 is 1.00 bits per heavy atom. The normalized spacial score (nSPS) is 13.1. The standard InChI is InChI=1S/C27H25N7O/c1-18-5-3-7-22(30-18)25-31-26-24(29-17-33(26)16-19-8-10-21(35-2)11-9-19)27(32-25)34-14-4-6-20-15-28-13-12-23(20)34/h3,5,7-13,15,17H,4,6,14,16H2,1-2H3. The van der Waals surface area contributed by atoms with Gasteiger partial charge in [-0.1, -0.05) is 18.2 Å². The average Bonchev–Trinajstić information content (AvgIpc) is 3.31. The summed E-state index contributed by atoms with van der Waals surface area (Å²) in [4.78, 5) is 26.0. The average molecular weight is 464 g/mol. The number of rotatable bonds is 5. The van der Waals surface area contributed by atoms with Gasteiger partial charge < -0.3 is 14.2 Å². The van der Waals surface area contributed by atoms with E-state index in [0.29, 0.717) is 12.4 Å². The molecule has 5 aromatic rings. The number of imidazole rings is 1. The third kappa shape index (κ3) is 3.97. The zero-order chi connectivity index (χ0) is 23.8. The van der Waals surface area contributed by atoms with E-state index in [1.54, 1.807) is 7.11 Å². The van der Waals surface area contributed by atoms with Gasteiger partial charge in [0.25, 0.3) is 0 Å². The molecule has 0 amide bonds. The van der Waals surface area contributed by atoms with Gasteiger partial charge in [0.05, 0.1) is 20.0 Å². The highest BCUT2D eigenvalue weighted by Gasteiger charge is 2.25. The number of aromatic nitrogens is 6. The van der Waals surface area contributed by atoms with Crippen molar-refractivity contribution in [3.05, 3.63) is 84.1 Å². The summed E-state index contributed by atoms with van der Waals surface area (Å²) in [6.45, 7) is 3.47. The molecule has 6 rings (SSSR count). The molecule has 5 heterocycles. The Kier molecular flexibility index (Phi) is 5.33. The Balaban J connectivity index is 1.51. The van der Waals surface area contributed by atoms with E-state index in [4.69, 9.17) is 24.7 Å². The second-order valence-electron chi connectivity index (χ2n) is 8.69. The van der Waals surface area contributed by atoms with Crippen molar-refractivity contribution in [2.24, 2.45) is 0 Å². The summed E-state index contributed by atoms with van der Waals surface area (Å²) in [5, 5.41) is 0. The fraction of sp³-hybridized carbons (Fsp3) is 0.222. The number of hydrogen-bond donors (Lipinski definition) is 0. The fourth-order valence-electron chi connectivity index (χ4n) is 4.59. The molecule has 4 aromatic heterocycles. The second-order valence-corrected chi connectivity index (χ2v) is 8.69. The van der Waals surface area contributed by atoms with Crippen LogP contribution in [-0.2, 0) is 13.0 Å². The van der Waals surface area contributed by atoms with Crippen LogP contribution in [0.4, 0.5) is 11.5 Å². The van der Waals surface area contributed by atoms with Gasteiger partial charge in [0.1, 0.15) is 11.4 Å². The highest BCUT2D eigenvalue weighted by atomic mass is 16.5. The van der Waals surface area contributed by atoms with E-state index in [2.05, 4.69) is 32.7 Å². The molecule has 0 N–H and O–H groups in total. The van der Waals surface area contributed by atoms with E-state index in [1.807, 2.05) is 56.0 Å². The van der Waals surface area contributed by atoms with Gasteiger partial charge in [0.15, 0.2) is 22.8 Å². The Morgan fingerprint density at radius 2 is 1.89 bits per heavy atom. The molecule has 0 saturated carbocycles. The van der Waals surface area contributed by atoms with Crippen LogP contribution in [0.15, 0.2) is 67.3 Å². The zero-order valence-electron chi connectivity index (χ0n) is 19.7. The van der Waals surface area contributed by atoms with Crippen LogP contribution in [0.3, 0.4) is 0 Å². The topological polar surface area (TPSA) is 81.9 Å². The van der Waals surface area contributed by atoms with E-state index in [9.17, 15) is 0 Å². The van der Waals surface area contributed by atoms with E-state index < -0.39 is 0 Å². The zero-order valence-corrected chi connectivity index (χ0v) is 19.7. The fourth-order valence-corrected chi connectivity index (χ4v) is 4.59. The number of nitrogens with zero attached hydrogens (tertiary/aromatic N) is 7. The summed E-state index contributed by atoms with van der Waals surface area (Å²) in [6, 6.07) is 16.0. The van der Waals surface area contributed by atoms with Gasteiger partial charge in [-0.15, -0.1) is 0 Å². The minimum Gasteiger partial charge on any atom is -0.497 e. The summed E-state index contributed by atoms with van der Waals surface area (Å²) in [5.41, 5.74) is 6.71. The van der Waals surface area contributed by atoms with Crippen LogP contribution in [0.5, 0.6) is 5.75 Å². The summed E-state index contributed by atoms with van der Waals surface area (Å²) in [6.07, 6.45) is 7.66. The Bertz CT molecular complexity index is 1510. The largest absolute Gasteiger partial charge is 0.497 e. The van der Waals surface area contributed by atoms with Crippen molar-refractivity contribution in [2.45, 2.75) is 26.3 Å². The maximum atomic E-state index is 5.30. The predicted molar refractivity (Wildman–Crippen MR) is 135 cm³/mol. The lowest BCUT2D eigenvalue weighted by Crippen LogP contribution is -2.26. The van der Waals surface area contributed by atoms with E-state index in [-0.39, 0.29) is 0 Å². The highest BCUT2D eigenvalue weighted by Crippen LogP contribution is 2.36. The van der Waals surface area contributed by atoms with Gasteiger partial charge in [-0.3, -0.25) is 4.98 Å². The van der Waals surface area contributed by atoms with Gasteiger partial charge in [-0.05, 0) is 61.2 Å². The number of anilines is 2. The highest BCUT2D eigenvalue weighted by molar-refractivity contribution is 5.88. The molecule has 1 aliphatic heterocycles. The lowest BCUT2D eigenvalue weighted by atomic mass is 10.0. The molecule has 0 fully saturated rings. The first-order valence-electron chi connectivity index (χ1n) is 11.7. The molecule has 8 heteroatoms. The second kappa shape index (κ2) is 8.79. The van der Waals surface area contributed by atoms with Crippen LogP contribution in [0, 0.1) is 6.92 Å². The Labute approximate surface area is 203 Å². The lowest BCUT2D eigenvalue weighted by Gasteiger charge is -2.30. The first-order valence-corrected chi connectivity index (χ1v) is 11.7. The number of hydrogen-bond acceptors (Lipinski definition) is 7. The summed E-state index contributed by atoms with van der Waals surface area (Å²) >= 11 is 0. The van der Waals surface area contributed by atoms with Crippen molar-refractivity contribution >= 4 is 22.7 Å². The van der Waals surface area contributed by atoms with E-state index >= 15 is 0 Å². The monoisotopic (exact) mass is 463 g/mol. The van der Waals surface area contributed by atoms with Crippen molar-refractivity contribution < 1.29 is 4.74 Å². The van der Waals surface area contributed by atoms with Gasteiger partial charge in [-0.25, -0.2) is 19.9 Å². The third-order valence-corrected chi connectivity index (χ3v) is 6.33. The summed E-state index contributed by atoms with van der Waals surface area (Å²) < 4.78 is 7.37. The Morgan fingerprint density at radius 3 is 2.71 bits per heavy atom. The van der Waals surface area contributed by atoms with Gasteiger partial charge in [0, 0.05) is 30.3 Å². The van der Waals surface area contributed by atoms with E-state index in [0.717, 1.165) is 64.8 Å². The van der Waals surface area contributed by atoms with Crippen LogP contribution >= 0.6 is 0 Å². The molecule has 8 nitrogen and oxygen atoms in total. The molecule has 0 saturated heterocycles. The van der Waals surface area contributed by atoms with Gasteiger partial charge >= 0.3 is 0 Å². The van der Waals surface area contributed by atoms with Crippen molar-refractivity contribution in [3.8, 4) is 17.3 Å². The molecule has 174 valence electrons. The minimum atomic E-state index is 0.592. The Hall–Kier alpha value is -4.33.